The van der Waals surface area contributed by atoms with Crippen molar-refractivity contribution in [1.29, 1.82) is 0 Å². The first-order chi connectivity index (χ1) is 16.0. The molecule has 0 unspecified atom stereocenters. The molecule has 33 heavy (non-hydrogen) atoms. The molecule has 0 spiro atoms. The second-order valence-corrected chi connectivity index (χ2v) is 8.92. The fraction of sp³-hybridized carbons (Fsp3) is 0.391. The van der Waals surface area contributed by atoms with Crippen LogP contribution in [0, 0.1) is 13.7 Å². The van der Waals surface area contributed by atoms with E-state index in [2.05, 4.69) is 38.4 Å². The van der Waals surface area contributed by atoms with Crippen molar-refractivity contribution >= 4 is 40.4 Å². The zero-order valence-corrected chi connectivity index (χ0v) is 20.5. The molecule has 0 saturated heterocycles. The molecule has 0 atom stereocenters. The molecule has 1 aliphatic rings. The monoisotopic (exact) mass is 566 g/mol. The van der Waals surface area contributed by atoms with Crippen LogP contribution < -0.4 is 20.2 Å². The van der Waals surface area contributed by atoms with Gasteiger partial charge < -0.3 is 14.8 Å². The third kappa shape index (κ3) is 7.67. The topological polar surface area (TPSA) is 115 Å². The highest BCUT2D eigenvalue weighted by atomic mass is 127. The van der Waals surface area contributed by atoms with Gasteiger partial charge in [0, 0.05) is 18.2 Å². The number of halogens is 1. The lowest BCUT2D eigenvalue weighted by Gasteiger charge is -2.22. The number of hydrogen-bond acceptors (Lipinski definition) is 7. The predicted octanol–water partition coefficient (Wildman–Crippen LogP) is 4.16. The highest BCUT2D eigenvalue weighted by Gasteiger charge is 2.14. The van der Waals surface area contributed by atoms with Gasteiger partial charge in [0.15, 0.2) is 11.5 Å². The van der Waals surface area contributed by atoms with E-state index in [0.29, 0.717) is 17.5 Å². The number of nitrogens with one attached hydrogen (secondary N) is 2. The summed E-state index contributed by atoms with van der Waals surface area (Å²) in [4.78, 5) is 22.4. The minimum Gasteiger partial charge on any atom is -0.493 e. The average molecular weight is 566 g/mol. The second kappa shape index (κ2) is 12.5. The van der Waals surface area contributed by atoms with Gasteiger partial charge in [0.05, 0.1) is 28.4 Å². The van der Waals surface area contributed by atoms with E-state index in [1.165, 1.54) is 31.4 Å². The van der Waals surface area contributed by atoms with Gasteiger partial charge in [-0.25, -0.2) is 5.43 Å². The van der Waals surface area contributed by atoms with Crippen LogP contribution in [0.5, 0.6) is 11.5 Å². The largest absolute Gasteiger partial charge is 0.493 e. The van der Waals surface area contributed by atoms with E-state index in [1.807, 2.05) is 6.07 Å². The number of benzene rings is 2. The fourth-order valence-electron chi connectivity index (χ4n) is 3.59. The van der Waals surface area contributed by atoms with E-state index < -0.39 is 4.92 Å². The zero-order chi connectivity index (χ0) is 23.6. The zero-order valence-electron chi connectivity index (χ0n) is 18.4. The summed E-state index contributed by atoms with van der Waals surface area (Å²) in [5, 5.41) is 18.1. The molecular formula is C23H27IN4O5. The van der Waals surface area contributed by atoms with Gasteiger partial charge in [-0.1, -0.05) is 19.3 Å². The van der Waals surface area contributed by atoms with Crippen LogP contribution in [-0.2, 0) is 11.4 Å². The van der Waals surface area contributed by atoms with Gasteiger partial charge in [-0.3, -0.25) is 14.9 Å². The Hall–Kier alpha value is -2.73. The smallest absolute Gasteiger partial charge is 0.269 e. The van der Waals surface area contributed by atoms with E-state index in [0.717, 1.165) is 27.5 Å². The summed E-state index contributed by atoms with van der Waals surface area (Å²) in [5.74, 6) is 0.909. The summed E-state index contributed by atoms with van der Waals surface area (Å²) in [6.45, 7) is 0.486. The Balaban J connectivity index is 1.55. The second-order valence-electron chi connectivity index (χ2n) is 7.76. The number of non-ortho nitro benzene ring substituents is 1. The normalized spacial score (nSPS) is 14.2. The standard InChI is InChI=1S/C23H27IN4O5/c1-32-21-12-17(13-26-27-22(29)14-25-18-5-3-2-4-6-18)11-20(24)23(21)33-15-16-7-9-19(10-8-16)28(30)31/h7-13,18,25H,2-6,14-15H2,1H3,(H,27,29)/b26-13-. The summed E-state index contributed by atoms with van der Waals surface area (Å²) in [7, 11) is 1.55. The van der Waals surface area contributed by atoms with Crippen molar-refractivity contribution in [2.24, 2.45) is 5.10 Å². The molecule has 0 radical (unpaired) electrons. The number of nitro groups is 1. The SMILES string of the molecule is COc1cc(/C=N\NC(=O)CNC2CCCCC2)cc(I)c1OCc1ccc([N+](=O)[O-])cc1. The van der Waals surface area contributed by atoms with E-state index in [1.54, 1.807) is 31.5 Å². The molecule has 9 nitrogen and oxygen atoms in total. The fourth-order valence-corrected chi connectivity index (χ4v) is 4.37. The molecule has 0 bridgehead atoms. The summed E-state index contributed by atoms with van der Waals surface area (Å²) >= 11 is 2.14. The molecule has 3 rings (SSSR count). The molecule has 2 N–H and O–H groups in total. The lowest BCUT2D eigenvalue weighted by atomic mass is 9.95. The van der Waals surface area contributed by atoms with Crippen molar-refractivity contribution in [2.45, 2.75) is 44.8 Å². The minimum atomic E-state index is -0.438. The van der Waals surface area contributed by atoms with Crippen molar-refractivity contribution < 1.29 is 19.2 Å². The van der Waals surface area contributed by atoms with Crippen LogP contribution in [0.15, 0.2) is 41.5 Å². The maximum Gasteiger partial charge on any atom is 0.269 e. The number of ether oxygens (including phenoxy) is 2. The third-order valence-electron chi connectivity index (χ3n) is 5.34. The number of nitro benzene ring substituents is 1. The van der Waals surface area contributed by atoms with Gasteiger partial charge in [-0.05, 0) is 70.8 Å². The summed E-state index contributed by atoms with van der Waals surface area (Å²) in [5.41, 5.74) is 4.13. The average Bonchev–Trinajstić information content (AvgIpc) is 2.82. The van der Waals surface area contributed by atoms with Crippen molar-refractivity contribution in [3.05, 3.63) is 61.2 Å². The highest BCUT2D eigenvalue weighted by Crippen LogP contribution is 2.34. The van der Waals surface area contributed by atoms with Crippen molar-refractivity contribution in [3.63, 3.8) is 0 Å². The quantitative estimate of drug-likeness (QED) is 0.193. The summed E-state index contributed by atoms with van der Waals surface area (Å²) < 4.78 is 12.2. The van der Waals surface area contributed by atoms with Gasteiger partial charge in [0.2, 0.25) is 0 Å². The van der Waals surface area contributed by atoms with Crippen LogP contribution in [0.2, 0.25) is 0 Å². The first kappa shape index (κ1) is 24.9. The summed E-state index contributed by atoms with van der Waals surface area (Å²) in [6, 6.07) is 10.2. The maximum absolute atomic E-state index is 12.0. The van der Waals surface area contributed by atoms with Crippen molar-refractivity contribution in [2.75, 3.05) is 13.7 Å². The number of carbonyl (C=O) groups excluding carboxylic acids is 1. The van der Waals surface area contributed by atoms with E-state index in [4.69, 9.17) is 9.47 Å². The van der Waals surface area contributed by atoms with Gasteiger partial charge in [0.1, 0.15) is 6.61 Å². The van der Waals surface area contributed by atoms with Crippen LogP contribution in [-0.4, -0.2) is 36.7 Å². The highest BCUT2D eigenvalue weighted by molar-refractivity contribution is 14.1. The number of amides is 1. The first-order valence-corrected chi connectivity index (χ1v) is 11.8. The molecule has 1 saturated carbocycles. The molecule has 1 amide bonds. The first-order valence-electron chi connectivity index (χ1n) is 10.7. The molecule has 2 aromatic carbocycles. The molecule has 1 aliphatic carbocycles. The van der Waals surface area contributed by atoms with Gasteiger partial charge in [-0.15, -0.1) is 0 Å². The third-order valence-corrected chi connectivity index (χ3v) is 6.14. The van der Waals surface area contributed by atoms with Gasteiger partial charge in [-0.2, -0.15) is 5.10 Å². The van der Waals surface area contributed by atoms with Crippen molar-refractivity contribution in [1.82, 2.24) is 10.7 Å². The molecule has 176 valence electrons. The predicted molar refractivity (Wildman–Crippen MR) is 134 cm³/mol. The number of hydrogen-bond donors (Lipinski definition) is 2. The Labute approximate surface area is 206 Å². The number of methoxy groups -OCH3 is 1. The Bertz CT molecular complexity index is 991. The van der Waals surface area contributed by atoms with Crippen LogP contribution in [0.3, 0.4) is 0 Å². The molecule has 1 fully saturated rings. The number of nitrogens with zero attached hydrogens (tertiary/aromatic N) is 2. The van der Waals surface area contributed by atoms with E-state index in [-0.39, 0.29) is 24.7 Å². The number of rotatable bonds is 10. The number of carbonyl (C=O) groups is 1. The maximum atomic E-state index is 12.0. The van der Waals surface area contributed by atoms with Crippen LogP contribution in [0.25, 0.3) is 0 Å². The van der Waals surface area contributed by atoms with Crippen LogP contribution >= 0.6 is 22.6 Å². The molecule has 0 heterocycles. The lowest BCUT2D eigenvalue weighted by molar-refractivity contribution is -0.384. The number of hydrazone groups is 1. The van der Waals surface area contributed by atoms with Gasteiger partial charge >= 0.3 is 0 Å². The molecule has 2 aromatic rings. The van der Waals surface area contributed by atoms with E-state index >= 15 is 0 Å². The van der Waals surface area contributed by atoms with Gasteiger partial charge in [0.25, 0.3) is 11.6 Å². The molecule has 0 aliphatic heterocycles. The molecular weight excluding hydrogens is 539 g/mol. The molecule has 10 heteroatoms. The summed E-state index contributed by atoms with van der Waals surface area (Å²) in [6.07, 6.45) is 7.50. The Morgan fingerprint density at radius 2 is 1.97 bits per heavy atom. The Morgan fingerprint density at radius 1 is 1.24 bits per heavy atom. The Kier molecular flexibility index (Phi) is 9.43. The Morgan fingerprint density at radius 3 is 2.64 bits per heavy atom. The lowest BCUT2D eigenvalue weighted by Crippen LogP contribution is -2.38. The minimum absolute atomic E-state index is 0.0337. The van der Waals surface area contributed by atoms with Crippen LogP contribution in [0.1, 0.15) is 43.2 Å². The van der Waals surface area contributed by atoms with Crippen LogP contribution in [0.4, 0.5) is 5.69 Å². The van der Waals surface area contributed by atoms with Crippen molar-refractivity contribution in [3.8, 4) is 11.5 Å². The molecule has 0 aromatic heterocycles. The van der Waals surface area contributed by atoms with E-state index in [9.17, 15) is 14.9 Å².